The van der Waals surface area contributed by atoms with E-state index in [0.29, 0.717) is 0 Å². The van der Waals surface area contributed by atoms with Crippen LogP contribution < -0.4 is 4.74 Å². The lowest BCUT2D eigenvalue weighted by atomic mass is 10.1. The number of Topliss-reactive ketones (excluding diaryl/α,β-unsaturated/α-hetero) is 1. The zero-order chi connectivity index (χ0) is 10.7. The van der Waals surface area contributed by atoms with Gasteiger partial charge in [-0.25, -0.2) is 4.79 Å². The van der Waals surface area contributed by atoms with Crippen LogP contribution in [0.25, 0.3) is 0 Å². The van der Waals surface area contributed by atoms with Gasteiger partial charge in [-0.15, -0.1) is 0 Å². The van der Waals surface area contributed by atoms with E-state index in [-0.39, 0.29) is 16.3 Å². The Labute approximate surface area is 85.1 Å². The van der Waals surface area contributed by atoms with Crippen molar-refractivity contribution in [1.82, 2.24) is 0 Å². The fourth-order valence-corrected chi connectivity index (χ4v) is 1.25. The SMILES string of the molecule is COc1cccc(C(=O)C(=O)O)c1Cl. The number of benzene rings is 1. The molecule has 0 atom stereocenters. The van der Waals surface area contributed by atoms with Gasteiger partial charge in [0, 0.05) is 0 Å². The Morgan fingerprint density at radius 3 is 2.57 bits per heavy atom. The lowest BCUT2D eigenvalue weighted by Gasteiger charge is -2.05. The quantitative estimate of drug-likeness (QED) is 0.613. The molecule has 5 heteroatoms. The maximum Gasteiger partial charge on any atom is 0.377 e. The monoisotopic (exact) mass is 214 g/mol. The normalized spacial score (nSPS) is 9.57. The highest BCUT2D eigenvalue weighted by molar-refractivity contribution is 6.45. The lowest BCUT2D eigenvalue weighted by Crippen LogP contribution is -2.13. The van der Waals surface area contributed by atoms with Crippen molar-refractivity contribution in [3.8, 4) is 5.75 Å². The van der Waals surface area contributed by atoms with Gasteiger partial charge in [0.15, 0.2) is 0 Å². The van der Waals surface area contributed by atoms with Crippen LogP contribution in [0.5, 0.6) is 5.75 Å². The highest BCUT2D eigenvalue weighted by atomic mass is 35.5. The molecule has 0 fully saturated rings. The van der Waals surface area contributed by atoms with Crippen LogP contribution in [0.15, 0.2) is 18.2 Å². The number of hydrogen-bond acceptors (Lipinski definition) is 3. The predicted octanol–water partition coefficient (Wildman–Crippen LogP) is 1.62. The summed E-state index contributed by atoms with van der Waals surface area (Å²) in [6.45, 7) is 0. The van der Waals surface area contributed by atoms with Crippen LogP contribution in [0, 0.1) is 0 Å². The number of hydrogen-bond donors (Lipinski definition) is 1. The minimum atomic E-state index is -1.54. The fourth-order valence-electron chi connectivity index (χ4n) is 0.959. The molecule has 0 aliphatic carbocycles. The summed E-state index contributed by atoms with van der Waals surface area (Å²) >= 11 is 5.74. The number of aliphatic carboxylic acids is 1. The van der Waals surface area contributed by atoms with E-state index < -0.39 is 11.8 Å². The fraction of sp³-hybridized carbons (Fsp3) is 0.111. The molecule has 14 heavy (non-hydrogen) atoms. The first-order valence-electron chi connectivity index (χ1n) is 3.68. The van der Waals surface area contributed by atoms with E-state index in [1.165, 1.54) is 19.2 Å². The Morgan fingerprint density at radius 2 is 2.07 bits per heavy atom. The summed E-state index contributed by atoms with van der Waals surface area (Å²) in [5.74, 6) is -2.31. The first-order valence-corrected chi connectivity index (χ1v) is 4.06. The van der Waals surface area contributed by atoms with Gasteiger partial charge in [-0.1, -0.05) is 17.7 Å². The van der Waals surface area contributed by atoms with Crippen LogP contribution in [0.1, 0.15) is 10.4 Å². The number of halogens is 1. The second-order valence-corrected chi connectivity index (χ2v) is 2.83. The van der Waals surface area contributed by atoms with Gasteiger partial charge in [-0.3, -0.25) is 4.79 Å². The Balaban J connectivity index is 3.22. The van der Waals surface area contributed by atoms with Crippen LogP contribution in [0.3, 0.4) is 0 Å². The zero-order valence-electron chi connectivity index (χ0n) is 7.28. The van der Waals surface area contributed by atoms with Crippen LogP contribution in [0.2, 0.25) is 5.02 Å². The molecule has 0 unspecified atom stereocenters. The van der Waals surface area contributed by atoms with E-state index in [4.69, 9.17) is 21.4 Å². The average Bonchev–Trinajstić information content (AvgIpc) is 2.17. The molecule has 0 spiro atoms. The number of rotatable bonds is 3. The van der Waals surface area contributed by atoms with Gasteiger partial charge in [0.05, 0.1) is 17.7 Å². The summed E-state index contributed by atoms with van der Waals surface area (Å²) in [7, 11) is 1.39. The Bertz CT molecular complexity index is 386. The summed E-state index contributed by atoms with van der Waals surface area (Å²) in [6, 6.07) is 4.38. The number of ketones is 1. The minimum absolute atomic E-state index is 0.0161. The van der Waals surface area contributed by atoms with Crippen LogP contribution >= 0.6 is 11.6 Å². The van der Waals surface area contributed by atoms with E-state index in [9.17, 15) is 9.59 Å². The molecule has 0 heterocycles. The van der Waals surface area contributed by atoms with Crippen molar-refractivity contribution in [1.29, 1.82) is 0 Å². The molecule has 1 rings (SSSR count). The third kappa shape index (κ3) is 1.85. The molecule has 1 aromatic rings. The second-order valence-electron chi connectivity index (χ2n) is 2.46. The summed E-state index contributed by atoms with van der Waals surface area (Å²) in [6.07, 6.45) is 0. The summed E-state index contributed by atoms with van der Waals surface area (Å²) in [4.78, 5) is 21.5. The van der Waals surface area contributed by atoms with Gasteiger partial charge < -0.3 is 9.84 Å². The number of carbonyl (C=O) groups is 2. The molecule has 0 aliphatic rings. The Hall–Kier alpha value is -1.55. The van der Waals surface area contributed by atoms with Gasteiger partial charge >= 0.3 is 5.97 Å². The van der Waals surface area contributed by atoms with Crippen molar-refractivity contribution in [3.05, 3.63) is 28.8 Å². The van der Waals surface area contributed by atoms with E-state index >= 15 is 0 Å². The molecule has 0 saturated heterocycles. The number of carboxylic acids is 1. The average molecular weight is 215 g/mol. The van der Waals surface area contributed by atoms with E-state index in [1.54, 1.807) is 6.07 Å². The Kier molecular flexibility index (Phi) is 3.09. The predicted molar refractivity (Wildman–Crippen MR) is 50.0 cm³/mol. The molecule has 0 aromatic heterocycles. The summed E-state index contributed by atoms with van der Waals surface area (Å²) < 4.78 is 4.84. The molecule has 4 nitrogen and oxygen atoms in total. The number of carboxylic acid groups (broad SMARTS) is 1. The molecule has 1 aromatic carbocycles. The lowest BCUT2D eigenvalue weighted by molar-refractivity contribution is -0.131. The molecule has 0 radical (unpaired) electrons. The van der Waals surface area contributed by atoms with Crippen LogP contribution in [-0.2, 0) is 4.79 Å². The van der Waals surface area contributed by atoms with Crippen molar-refractivity contribution in [2.24, 2.45) is 0 Å². The first-order chi connectivity index (χ1) is 6.57. The molecular weight excluding hydrogens is 208 g/mol. The maximum absolute atomic E-state index is 11.1. The van der Waals surface area contributed by atoms with Gasteiger partial charge in [0.2, 0.25) is 0 Å². The van der Waals surface area contributed by atoms with Crippen LogP contribution in [-0.4, -0.2) is 24.0 Å². The smallest absolute Gasteiger partial charge is 0.377 e. The molecule has 0 bridgehead atoms. The molecule has 1 N–H and O–H groups in total. The van der Waals surface area contributed by atoms with E-state index in [0.717, 1.165) is 0 Å². The van der Waals surface area contributed by atoms with Crippen molar-refractivity contribution in [3.63, 3.8) is 0 Å². The highest BCUT2D eigenvalue weighted by Crippen LogP contribution is 2.27. The van der Waals surface area contributed by atoms with Crippen LogP contribution in [0.4, 0.5) is 0 Å². The third-order valence-electron chi connectivity index (χ3n) is 1.62. The van der Waals surface area contributed by atoms with Gasteiger partial charge in [0.1, 0.15) is 5.75 Å². The maximum atomic E-state index is 11.1. The third-order valence-corrected chi connectivity index (χ3v) is 2.01. The number of carbonyl (C=O) groups excluding carboxylic acids is 1. The molecule has 0 aliphatic heterocycles. The summed E-state index contributed by atoms with van der Waals surface area (Å²) in [5, 5.41) is 8.49. The zero-order valence-corrected chi connectivity index (χ0v) is 8.04. The molecule has 0 amide bonds. The highest BCUT2D eigenvalue weighted by Gasteiger charge is 2.19. The first kappa shape index (κ1) is 10.5. The number of methoxy groups -OCH3 is 1. The van der Waals surface area contributed by atoms with Crippen molar-refractivity contribution in [2.75, 3.05) is 7.11 Å². The van der Waals surface area contributed by atoms with E-state index in [1.807, 2.05) is 0 Å². The van der Waals surface area contributed by atoms with Crippen molar-refractivity contribution in [2.45, 2.75) is 0 Å². The largest absolute Gasteiger partial charge is 0.495 e. The second kappa shape index (κ2) is 4.11. The topological polar surface area (TPSA) is 63.6 Å². The molecular formula is C9H7ClO4. The molecule has 74 valence electrons. The standard InChI is InChI=1S/C9H7ClO4/c1-14-6-4-2-3-5(7(6)10)8(11)9(12)13/h2-4H,1H3,(H,12,13). The minimum Gasteiger partial charge on any atom is -0.495 e. The number of ether oxygens (including phenoxy) is 1. The van der Waals surface area contributed by atoms with Gasteiger partial charge in [-0.05, 0) is 12.1 Å². The van der Waals surface area contributed by atoms with E-state index in [2.05, 4.69) is 0 Å². The van der Waals surface area contributed by atoms with Crippen molar-refractivity contribution >= 4 is 23.4 Å². The van der Waals surface area contributed by atoms with Crippen molar-refractivity contribution < 1.29 is 19.4 Å². The Morgan fingerprint density at radius 1 is 1.43 bits per heavy atom. The van der Waals surface area contributed by atoms with Gasteiger partial charge in [0.25, 0.3) is 5.78 Å². The molecule has 0 saturated carbocycles. The van der Waals surface area contributed by atoms with Gasteiger partial charge in [-0.2, -0.15) is 0 Å². The summed E-state index contributed by atoms with van der Waals surface area (Å²) in [5.41, 5.74) is -0.0708.